The van der Waals surface area contributed by atoms with Gasteiger partial charge in [-0.2, -0.15) is 4.57 Å². The number of carboxylic acid groups (broad SMARTS) is 1. The molecule has 2 aliphatic rings. The molecule has 3 aromatic rings. The van der Waals surface area contributed by atoms with Crippen LogP contribution in [0.5, 0.6) is 17.2 Å². The van der Waals surface area contributed by atoms with E-state index < -0.39 is 5.97 Å². The standard InChI is InChI=1S/C16H11NO3.C2H4O2/c18-11-3-9-1-2-17-7-10-4-14-15(20-8-19-14)6-12(10)13(5-11)16(9)17;1-2(3)4/h3-7H,1-2,8H2;1H3,(H,3,4). The number of carboxylic acids is 1. The molecule has 122 valence electrons. The number of aliphatic carboxylic acids is 1. The number of ether oxygens (including phenoxy) is 2. The molecule has 0 radical (unpaired) electrons. The molecule has 0 amide bonds. The number of fused-ring (bicyclic) bond motifs is 3. The van der Waals surface area contributed by atoms with E-state index in [1.807, 2.05) is 12.1 Å². The first-order valence-electron chi connectivity index (χ1n) is 7.62. The number of carbonyl (C=O) groups is 1. The summed E-state index contributed by atoms with van der Waals surface area (Å²) in [5.74, 6) is 0.779. The Labute approximate surface area is 137 Å². The number of benzene rings is 2. The number of nitrogens with zero attached hydrogens (tertiary/aromatic N) is 1. The maximum atomic E-state index is 11.9. The Morgan fingerprint density at radius 3 is 2.62 bits per heavy atom. The number of hydrogen-bond donors (Lipinski definition) is 1. The van der Waals surface area contributed by atoms with E-state index in [0.717, 1.165) is 53.1 Å². The molecule has 24 heavy (non-hydrogen) atoms. The van der Waals surface area contributed by atoms with Crippen LogP contribution in [0.3, 0.4) is 0 Å². The molecule has 6 heteroatoms. The Morgan fingerprint density at radius 2 is 1.88 bits per heavy atom. The van der Waals surface area contributed by atoms with Crippen molar-refractivity contribution < 1.29 is 29.0 Å². The molecule has 0 saturated carbocycles. The summed E-state index contributed by atoms with van der Waals surface area (Å²) in [6.45, 7) is 2.28. The second-order valence-electron chi connectivity index (χ2n) is 5.86. The van der Waals surface area contributed by atoms with Crippen LogP contribution >= 0.6 is 0 Å². The van der Waals surface area contributed by atoms with Crippen LogP contribution in [0, 0.1) is 0 Å². The molecule has 0 bridgehead atoms. The summed E-state index contributed by atoms with van der Waals surface area (Å²) in [5, 5.41) is 22.5. The van der Waals surface area contributed by atoms with E-state index in [4.69, 9.17) is 19.4 Å². The monoisotopic (exact) mass is 325 g/mol. The van der Waals surface area contributed by atoms with Crippen molar-refractivity contribution >= 4 is 27.6 Å². The van der Waals surface area contributed by atoms with Crippen LogP contribution in [-0.2, 0) is 17.8 Å². The van der Waals surface area contributed by atoms with E-state index >= 15 is 0 Å². The average molecular weight is 325 g/mol. The van der Waals surface area contributed by atoms with Gasteiger partial charge in [0.15, 0.2) is 24.2 Å². The Balaban J connectivity index is 0.000000332. The minimum absolute atomic E-state index is 0.0751. The third kappa shape index (κ3) is 2.27. The van der Waals surface area contributed by atoms with Crippen LogP contribution in [0.15, 0.2) is 30.5 Å². The summed E-state index contributed by atoms with van der Waals surface area (Å²) in [6, 6.07) is 7.46. The first kappa shape index (κ1) is 14.6. The molecule has 0 fully saturated rings. The Morgan fingerprint density at radius 1 is 1.17 bits per heavy atom. The summed E-state index contributed by atoms with van der Waals surface area (Å²) in [6.07, 6.45) is 3.07. The van der Waals surface area contributed by atoms with Crippen molar-refractivity contribution in [1.82, 2.24) is 0 Å². The average Bonchev–Trinajstić information content (AvgIpc) is 3.12. The van der Waals surface area contributed by atoms with E-state index in [9.17, 15) is 5.11 Å². The molecule has 0 atom stereocenters. The number of aromatic nitrogens is 1. The van der Waals surface area contributed by atoms with Crippen molar-refractivity contribution in [2.75, 3.05) is 6.79 Å². The summed E-state index contributed by atoms with van der Waals surface area (Å²) >= 11 is 0. The molecule has 5 rings (SSSR count). The van der Waals surface area contributed by atoms with Crippen molar-refractivity contribution in [1.29, 1.82) is 0 Å². The Bertz CT molecular complexity index is 992. The van der Waals surface area contributed by atoms with Gasteiger partial charge in [0.2, 0.25) is 12.3 Å². The van der Waals surface area contributed by atoms with Gasteiger partial charge in [-0.3, -0.25) is 4.79 Å². The van der Waals surface area contributed by atoms with Gasteiger partial charge >= 0.3 is 0 Å². The lowest BCUT2D eigenvalue weighted by atomic mass is 10.0. The van der Waals surface area contributed by atoms with Crippen LogP contribution in [0.4, 0.5) is 0 Å². The minimum atomic E-state index is -0.833. The summed E-state index contributed by atoms with van der Waals surface area (Å²) in [4.78, 5) is 9.00. The van der Waals surface area contributed by atoms with Crippen LogP contribution in [0.25, 0.3) is 21.7 Å². The quantitative estimate of drug-likeness (QED) is 0.503. The second kappa shape index (κ2) is 5.26. The van der Waals surface area contributed by atoms with Crippen LogP contribution in [0.1, 0.15) is 12.5 Å². The van der Waals surface area contributed by atoms with Gasteiger partial charge < -0.3 is 19.7 Å². The number of pyridine rings is 1. The molecule has 2 aliphatic heterocycles. The van der Waals surface area contributed by atoms with Gasteiger partial charge in [-0.25, -0.2) is 0 Å². The predicted octanol–water partition coefficient (Wildman–Crippen LogP) is 1.73. The van der Waals surface area contributed by atoms with Crippen LogP contribution < -0.4 is 19.1 Å². The molecule has 0 aliphatic carbocycles. The molecule has 0 spiro atoms. The van der Waals surface area contributed by atoms with Crippen molar-refractivity contribution in [3.63, 3.8) is 0 Å². The summed E-state index contributed by atoms with van der Waals surface area (Å²) < 4.78 is 13.1. The highest BCUT2D eigenvalue weighted by molar-refractivity contribution is 6.06. The first-order valence-corrected chi connectivity index (χ1v) is 7.62. The van der Waals surface area contributed by atoms with Gasteiger partial charge in [-0.05, 0) is 12.1 Å². The molecule has 0 unspecified atom stereocenters. The number of aryl methyl sites for hydroxylation is 2. The Hall–Kier alpha value is -3.02. The smallest absolute Gasteiger partial charge is 0.300 e. The van der Waals surface area contributed by atoms with Gasteiger partial charge in [-0.1, -0.05) is 12.1 Å². The number of hydrogen-bond acceptors (Lipinski definition) is 4. The third-order valence-corrected chi connectivity index (χ3v) is 4.20. The predicted molar refractivity (Wildman–Crippen MR) is 84.2 cm³/mol. The topological polar surface area (TPSA) is 82.7 Å². The van der Waals surface area contributed by atoms with Gasteiger partial charge in [0.05, 0.1) is 10.8 Å². The highest BCUT2D eigenvalue weighted by atomic mass is 16.7. The lowest BCUT2D eigenvalue weighted by Crippen LogP contribution is -2.30. The highest BCUT2D eigenvalue weighted by Gasteiger charge is 2.25. The highest BCUT2D eigenvalue weighted by Crippen LogP contribution is 2.39. The molecular formula is C18H15NO5. The molecule has 2 aromatic carbocycles. The normalized spacial score (nSPS) is 13.9. The zero-order valence-electron chi connectivity index (χ0n) is 13.0. The molecule has 1 N–H and O–H groups in total. The maximum Gasteiger partial charge on any atom is 0.300 e. The Kier molecular flexibility index (Phi) is 3.19. The minimum Gasteiger partial charge on any atom is -0.872 e. The molecule has 3 heterocycles. The number of rotatable bonds is 0. The van der Waals surface area contributed by atoms with Crippen molar-refractivity contribution in [3.8, 4) is 17.2 Å². The third-order valence-electron chi connectivity index (χ3n) is 4.20. The molecule has 1 aromatic heterocycles. The van der Waals surface area contributed by atoms with E-state index in [2.05, 4.69) is 10.8 Å². The van der Waals surface area contributed by atoms with E-state index in [-0.39, 0.29) is 12.5 Å². The van der Waals surface area contributed by atoms with Crippen molar-refractivity contribution in [2.45, 2.75) is 19.9 Å². The largest absolute Gasteiger partial charge is 0.872 e. The van der Waals surface area contributed by atoms with Crippen molar-refractivity contribution in [3.05, 3.63) is 36.0 Å². The lowest BCUT2D eigenvalue weighted by molar-refractivity contribution is -0.662. The van der Waals surface area contributed by atoms with Crippen molar-refractivity contribution in [2.24, 2.45) is 0 Å². The fourth-order valence-electron chi connectivity index (χ4n) is 3.35. The molecule has 0 saturated heterocycles. The fraction of sp³-hybridized carbons (Fsp3) is 0.222. The zero-order valence-corrected chi connectivity index (χ0v) is 13.0. The van der Waals surface area contributed by atoms with Crippen LogP contribution in [0.2, 0.25) is 0 Å². The van der Waals surface area contributed by atoms with E-state index in [0.29, 0.717) is 0 Å². The van der Waals surface area contributed by atoms with Gasteiger partial charge in [0.1, 0.15) is 0 Å². The second-order valence-corrected chi connectivity index (χ2v) is 5.86. The first-order chi connectivity index (χ1) is 11.5. The molecular weight excluding hydrogens is 310 g/mol. The summed E-state index contributed by atoms with van der Waals surface area (Å²) in [7, 11) is 0. The zero-order chi connectivity index (χ0) is 16.8. The van der Waals surface area contributed by atoms with Gasteiger partial charge in [0, 0.05) is 24.3 Å². The SMILES string of the molecule is CC(=O)O.[O-]c1cc2c3c(c1)c1cc4c(cc1c[n+]3CC2)OCO4. The lowest BCUT2D eigenvalue weighted by Gasteiger charge is -2.09. The molecule has 6 nitrogen and oxygen atoms in total. The maximum absolute atomic E-state index is 11.9. The fourth-order valence-corrected chi connectivity index (χ4v) is 3.35. The van der Waals surface area contributed by atoms with Gasteiger partial charge in [0.25, 0.3) is 5.97 Å². The van der Waals surface area contributed by atoms with E-state index in [1.54, 1.807) is 12.1 Å². The van der Waals surface area contributed by atoms with Gasteiger partial charge in [-0.15, -0.1) is 5.75 Å². The summed E-state index contributed by atoms with van der Waals surface area (Å²) in [5.41, 5.74) is 2.32. The van der Waals surface area contributed by atoms with E-state index in [1.165, 1.54) is 5.52 Å². The van der Waals surface area contributed by atoms with Crippen LogP contribution in [-0.4, -0.2) is 17.9 Å².